The van der Waals surface area contributed by atoms with Crippen molar-refractivity contribution in [3.05, 3.63) is 51.2 Å². The first-order valence-corrected chi connectivity index (χ1v) is 10.9. The highest BCUT2D eigenvalue weighted by atomic mass is 32.1. The molecule has 12 heteroatoms. The summed E-state index contributed by atoms with van der Waals surface area (Å²) in [5, 5.41) is 11.3. The van der Waals surface area contributed by atoms with Crippen LogP contribution in [0.25, 0.3) is 0 Å². The third kappa shape index (κ3) is 3.05. The first-order chi connectivity index (χ1) is 15.7. The van der Waals surface area contributed by atoms with Gasteiger partial charge < -0.3 is 20.3 Å². The third-order valence-electron chi connectivity index (χ3n) is 6.20. The topological polar surface area (TPSA) is 146 Å². The molecule has 1 aromatic carbocycles. The second-order valence-electron chi connectivity index (χ2n) is 8.23. The van der Waals surface area contributed by atoms with E-state index in [4.69, 9.17) is 4.74 Å². The summed E-state index contributed by atoms with van der Waals surface area (Å²) in [5.41, 5.74) is -1.20. The number of nitrogens with one attached hydrogen (secondary N) is 4. The number of rotatable bonds is 5. The Kier molecular flexibility index (Phi) is 4.47. The molecule has 4 heterocycles. The summed E-state index contributed by atoms with van der Waals surface area (Å²) in [5.74, 6) is -0.877. The van der Waals surface area contributed by atoms with Gasteiger partial charge in [0.05, 0.1) is 13.7 Å². The van der Waals surface area contributed by atoms with Crippen molar-refractivity contribution < 1.29 is 28.7 Å². The Balaban J connectivity index is 1.50. The quantitative estimate of drug-likeness (QED) is 0.469. The predicted octanol–water partition coefficient (Wildman–Crippen LogP) is 0.502. The van der Waals surface area contributed by atoms with Gasteiger partial charge in [-0.05, 0) is 41.6 Å². The summed E-state index contributed by atoms with van der Waals surface area (Å²) in [6, 6.07) is 5.48. The number of amides is 7. The van der Waals surface area contributed by atoms with Crippen molar-refractivity contribution in [2.75, 3.05) is 13.7 Å². The average molecular weight is 469 g/mol. The van der Waals surface area contributed by atoms with Crippen LogP contribution in [0.2, 0.25) is 0 Å². The van der Waals surface area contributed by atoms with E-state index >= 15 is 0 Å². The van der Waals surface area contributed by atoms with Crippen LogP contribution in [0.5, 0.6) is 5.75 Å². The zero-order valence-electron chi connectivity index (χ0n) is 17.6. The first-order valence-electron chi connectivity index (χ1n) is 9.99. The number of carbonyl (C=O) groups excluding carboxylic acids is 5. The van der Waals surface area contributed by atoms with Crippen LogP contribution in [-0.4, -0.2) is 48.3 Å². The number of hydrogen-bond acceptors (Lipinski definition) is 7. The molecule has 3 aliphatic heterocycles. The van der Waals surface area contributed by atoms with Gasteiger partial charge in [0.15, 0.2) is 11.1 Å². The maximum atomic E-state index is 13.1. The second kappa shape index (κ2) is 7.04. The fourth-order valence-corrected chi connectivity index (χ4v) is 5.42. The highest BCUT2D eigenvalue weighted by molar-refractivity contribution is 7.10. The molecule has 11 nitrogen and oxygen atoms in total. The van der Waals surface area contributed by atoms with Gasteiger partial charge in [-0.15, -0.1) is 11.3 Å². The molecule has 2 fully saturated rings. The van der Waals surface area contributed by atoms with E-state index in [9.17, 15) is 24.0 Å². The summed E-state index contributed by atoms with van der Waals surface area (Å²) in [7, 11) is 1.51. The van der Waals surface area contributed by atoms with Gasteiger partial charge in [0.2, 0.25) is 0 Å². The molecular weight excluding hydrogens is 450 g/mol. The number of imide groups is 2. The lowest BCUT2D eigenvalue weighted by Crippen LogP contribution is -2.52. The van der Waals surface area contributed by atoms with Crippen LogP contribution in [0.15, 0.2) is 29.6 Å². The maximum absolute atomic E-state index is 13.1. The lowest BCUT2D eigenvalue weighted by molar-refractivity contribution is -0.125. The minimum absolute atomic E-state index is 0.119. The monoisotopic (exact) mass is 469 g/mol. The number of benzene rings is 1. The van der Waals surface area contributed by atoms with E-state index < -0.39 is 35.0 Å². The van der Waals surface area contributed by atoms with Crippen LogP contribution in [-0.2, 0) is 27.2 Å². The van der Waals surface area contributed by atoms with E-state index in [1.54, 1.807) is 36.6 Å². The van der Waals surface area contributed by atoms with Crippen molar-refractivity contribution >= 4 is 41.1 Å². The van der Waals surface area contributed by atoms with Crippen molar-refractivity contribution in [1.82, 2.24) is 26.2 Å². The fraction of sp³-hybridized carbons (Fsp3) is 0.286. The number of carbonyl (C=O) groups is 5. The number of nitrogens with zero attached hydrogens (tertiary/aromatic N) is 1. The van der Waals surface area contributed by atoms with Crippen LogP contribution in [0.4, 0.5) is 9.59 Å². The summed E-state index contributed by atoms with van der Waals surface area (Å²) in [4.78, 5) is 64.2. The molecule has 170 valence electrons. The van der Waals surface area contributed by atoms with Crippen molar-refractivity contribution in [3.8, 4) is 5.75 Å². The lowest BCUT2D eigenvalue weighted by Gasteiger charge is -2.30. The largest absolute Gasteiger partial charge is 0.497 e. The Hall–Kier alpha value is -3.93. The van der Waals surface area contributed by atoms with Gasteiger partial charge in [-0.25, -0.2) is 9.59 Å². The number of urea groups is 2. The first kappa shape index (κ1) is 20.9. The zero-order chi connectivity index (χ0) is 23.5. The van der Waals surface area contributed by atoms with Gasteiger partial charge in [-0.2, -0.15) is 0 Å². The average Bonchev–Trinajstić information content (AvgIpc) is 3.50. The molecule has 0 radical (unpaired) electrons. The Morgan fingerprint density at radius 1 is 1.03 bits per heavy atom. The number of fused-ring (bicyclic) bond motifs is 1. The van der Waals surface area contributed by atoms with Crippen LogP contribution >= 0.6 is 11.3 Å². The third-order valence-corrected chi connectivity index (χ3v) is 7.35. The Morgan fingerprint density at radius 3 is 2.39 bits per heavy atom. The van der Waals surface area contributed by atoms with Crippen molar-refractivity contribution in [2.45, 2.75) is 24.5 Å². The smallest absolute Gasteiger partial charge is 0.322 e. The molecule has 2 atom stereocenters. The summed E-state index contributed by atoms with van der Waals surface area (Å²) in [6.45, 7) is 1.69. The van der Waals surface area contributed by atoms with Crippen molar-refractivity contribution in [3.63, 3.8) is 0 Å². The van der Waals surface area contributed by atoms with Gasteiger partial charge >= 0.3 is 12.1 Å². The van der Waals surface area contributed by atoms with Gasteiger partial charge in [-0.3, -0.25) is 25.0 Å². The molecule has 0 spiro atoms. The molecule has 0 saturated carbocycles. The van der Waals surface area contributed by atoms with E-state index in [0.29, 0.717) is 21.8 Å². The maximum Gasteiger partial charge on any atom is 0.322 e. The minimum atomic E-state index is -1.55. The molecule has 1 unspecified atom stereocenters. The van der Waals surface area contributed by atoms with Crippen LogP contribution in [0, 0.1) is 0 Å². The predicted molar refractivity (Wildman–Crippen MR) is 114 cm³/mol. The number of thiophene rings is 1. The summed E-state index contributed by atoms with van der Waals surface area (Å²) >= 11 is 1.16. The van der Waals surface area contributed by atoms with Crippen LogP contribution in [0.1, 0.15) is 33.3 Å². The van der Waals surface area contributed by atoms with Gasteiger partial charge in [0.1, 0.15) is 5.75 Å². The molecule has 3 aliphatic rings. The van der Waals surface area contributed by atoms with Gasteiger partial charge in [0.25, 0.3) is 17.7 Å². The number of ether oxygens (including phenoxy) is 1. The minimum Gasteiger partial charge on any atom is -0.497 e. The molecule has 33 heavy (non-hydrogen) atoms. The van der Waals surface area contributed by atoms with Crippen LogP contribution in [0.3, 0.4) is 0 Å². The van der Waals surface area contributed by atoms with E-state index in [2.05, 4.69) is 21.3 Å². The molecule has 0 bridgehead atoms. The molecule has 0 aliphatic carbocycles. The summed E-state index contributed by atoms with van der Waals surface area (Å²) in [6.07, 6.45) is 0. The summed E-state index contributed by atoms with van der Waals surface area (Å²) < 4.78 is 5.20. The standard InChI is InChI=1S/C21H19N5O6S/c1-20(16(28)22-18(30)24-20)14-5-11(8-33-14)21(17(29)23-19(31)25-21)9-26-7-10-3-4-12(32-2)6-13(10)15(26)27/h3-6,8H,7,9H2,1-2H3,(H2,22,24,28,30)(H2,23,25,29,31)/t20?,21-/m0/s1. The normalized spacial score (nSPS) is 26.1. The van der Waals surface area contributed by atoms with Gasteiger partial charge in [0, 0.05) is 17.0 Å². The molecule has 1 aromatic heterocycles. The molecule has 2 saturated heterocycles. The number of methoxy groups -OCH3 is 1. The van der Waals surface area contributed by atoms with Crippen molar-refractivity contribution in [2.24, 2.45) is 0 Å². The van der Waals surface area contributed by atoms with Crippen LogP contribution < -0.4 is 26.0 Å². The van der Waals surface area contributed by atoms with E-state index in [0.717, 1.165) is 16.9 Å². The molecule has 4 N–H and O–H groups in total. The Bertz CT molecular complexity index is 1260. The molecule has 2 aromatic rings. The second-order valence-corrected chi connectivity index (χ2v) is 9.14. The Labute approximate surface area is 191 Å². The van der Waals surface area contributed by atoms with Gasteiger partial charge in [-0.1, -0.05) is 6.07 Å². The van der Waals surface area contributed by atoms with E-state index in [-0.39, 0.29) is 19.0 Å². The Morgan fingerprint density at radius 2 is 1.76 bits per heavy atom. The number of hydrogen-bond donors (Lipinski definition) is 4. The molecular formula is C21H19N5O6S. The van der Waals surface area contributed by atoms with E-state index in [1.165, 1.54) is 12.0 Å². The highest BCUT2D eigenvalue weighted by Gasteiger charge is 2.52. The molecule has 7 amide bonds. The van der Waals surface area contributed by atoms with E-state index in [1.807, 2.05) is 0 Å². The SMILES string of the molecule is COc1ccc2c(c1)C(=O)N(C[C@@]1(c3csc(C4(C)NC(=O)NC4=O)c3)NC(=O)NC1=O)C2. The lowest BCUT2D eigenvalue weighted by atomic mass is 9.89. The zero-order valence-corrected chi connectivity index (χ0v) is 18.4. The highest BCUT2D eigenvalue weighted by Crippen LogP contribution is 2.37. The molecule has 5 rings (SSSR count). The van der Waals surface area contributed by atoms with Crippen molar-refractivity contribution in [1.29, 1.82) is 0 Å². The fourth-order valence-electron chi connectivity index (χ4n) is 4.32.